The number of hydrogen-bond donors (Lipinski definition) is 0. The van der Waals surface area contributed by atoms with Gasteiger partial charge in [-0.05, 0) is 37.1 Å². The maximum absolute atomic E-state index is 13.5. The number of aromatic nitrogens is 1. The molecule has 1 aromatic heterocycles. The molecule has 1 saturated heterocycles. The summed E-state index contributed by atoms with van der Waals surface area (Å²) < 4.78 is 32.5. The van der Waals surface area contributed by atoms with E-state index in [0.29, 0.717) is 18.9 Å². The number of aliphatic imine (C=N–C) groups is 1. The number of likely N-dealkylation sites (tertiary alicyclic amines) is 1. The fourth-order valence-electron chi connectivity index (χ4n) is 3.33. The quantitative estimate of drug-likeness (QED) is 0.842. The average molecular weight is 317 g/mol. The van der Waals surface area contributed by atoms with E-state index in [1.165, 1.54) is 12.2 Å². The van der Waals surface area contributed by atoms with Crippen molar-refractivity contribution in [3.8, 4) is 0 Å². The van der Waals surface area contributed by atoms with Gasteiger partial charge < -0.3 is 4.74 Å². The van der Waals surface area contributed by atoms with Crippen molar-refractivity contribution in [2.75, 3.05) is 13.1 Å². The topological polar surface area (TPSA) is 37.7 Å². The van der Waals surface area contributed by atoms with Crippen LogP contribution in [0.3, 0.4) is 0 Å². The summed E-state index contributed by atoms with van der Waals surface area (Å²) in [4.78, 5) is 11.1. The van der Waals surface area contributed by atoms with Crippen LogP contribution in [0.15, 0.2) is 53.2 Å². The molecule has 0 aromatic carbocycles. The summed E-state index contributed by atoms with van der Waals surface area (Å²) in [6, 6.07) is 5.54. The van der Waals surface area contributed by atoms with Crippen molar-refractivity contribution in [2.45, 2.75) is 31.0 Å². The van der Waals surface area contributed by atoms with Crippen LogP contribution in [-0.2, 0) is 4.74 Å². The van der Waals surface area contributed by atoms with Gasteiger partial charge >= 0.3 is 0 Å². The van der Waals surface area contributed by atoms with Crippen LogP contribution in [0.25, 0.3) is 0 Å². The van der Waals surface area contributed by atoms with Crippen molar-refractivity contribution in [3.63, 3.8) is 0 Å². The van der Waals surface area contributed by atoms with Crippen LogP contribution in [0.2, 0.25) is 0 Å². The standard InChI is InChI=1S/C17H17F2N3O/c18-12-5-4-11(9-13(12)19)22-8-6-16-15(10-22)21-17(23-16)14-3-1-2-7-20-14/h1-3,5,7,9,11,15-16H,4,6,8,10H2. The molecular weight excluding hydrogens is 300 g/mol. The molecule has 0 saturated carbocycles. The van der Waals surface area contributed by atoms with E-state index in [2.05, 4.69) is 14.9 Å². The number of halogens is 2. The molecule has 0 spiro atoms. The van der Waals surface area contributed by atoms with E-state index in [-0.39, 0.29) is 18.2 Å². The molecule has 23 heavy (non-hydrogen) atoms. The van der Waals surface area contributed by atoms with Gasteiger partial charge in [-0.15, -0.1) is 0 Å². The average Bonchev–Trinajstić information content (AvgIpc) is 3.01. The zero-order chi connectivity index (χ0) is 15.8. The lowest BCUT2D eigenvalue weighted by Gasteiger charge is -2.37. The number of hydrogen-bond acceptors (Lipinski definition) is 4. The predicted octanol–water partition coefficient (Wildman–Crippen LogP) is 2.78. The summed E-state index contributed by atoms with van der Waals surface area (Å²) in [5.74, 6) is -0.932. The number of rotatable bonds is 2. The number of nitrogens with zero attached hydrogens (tertiary/aromatic N) is 3. The van der Waals surface area contributed by atoms with Crippen LogP contribution in [0, 0.1) is 0 Å². The molecule has 3 heterocycles. The van der Waals surface area contributed by atoms with Crippen LogP contribution in [0.1, 0.15) is 18.5 Å². The summed E-state index contributed by atoms with van der Waals surface area (Å²) in [5, 5.41) is 0. The number of piperidine rings is 1. The first kappa shape index (κ1) is 14.5. The van der Waals surface area contributed by atoms with Gasteiger partial charge in [-0.1, -0.05) is 6.07 Å². The Morgan fingerprint density at radius 1 is 1.22 bits per heavy atom. The van der Waals surface area contributed by atoms with Crippen molar-refractivity contribution >= 4 is 5.90 Å². The molecule has 4 rings (SSSR count). The van der Waals surface area contributed by atoms with Gasteiger partial charge in [0.1, 0.15) is 17.8 Å². The van der Waals surface area contributed by atoms with Crippen molar-refractivity contribution < 1.29 is 13.5 Å². The summed E-state index contributed by atoms with van der Waals surface area (Å²) in [6.07, 6.45) is 5.77. The molecule has 0 amide bonds. The fraction of sp³-hybridized carbons (Fsp3) is 0.412. The Labute approximate surface area is 133 Å². The maximum atomic E-state index is 13.5. The highest BCUT2D eigenvalue weighted by Gasteiger charge is 2.38. The maximum Gasteiger partial charge on any atom is 0.236 e. The first-order chi connectivity index (χ1) is 11.2. The fourth-order valence-corrected chi connectivity index (χ4v) is 3.33. The van der Waals surface area contributed by atoms with E-state index >= 15 is 0 Å². The van der Waals surface area contributed by atoms with E-state index < -0.39 is 11.7 Å². The lowest BCUT2D eigenvalue weighted by atomic mass is 9.98. The van der Waals surface area contributed by atoms with Crippen LogP contribution < -0.4 is 0 Å². The smallest absolute Gasteiger partial charge is 0.236 e. The van der Waals surface area contributed by atoms with E-state index in [0.717, 1.165) is 18.7 Å². The summed E-state index contributed by atoms with van der Waals surface area (Å²) in [7, 11) is 0. The monoisotopic (exact) mass is 317 g/mol. The number of pyridine rings is 1. The molecule has 3 aliphatic rings. The van der Waals surface area contributed by atoms with Gasteiger partial charge in [-0.25, -0.2) is 13.8 Å². The largest absolute Gasteiger partial charge is 0.471 e. The van der Waals surface area contributed by atoms with Gasteiger partial charge in [0, 0.05) is 25.3 Å². The SMILES string of the molecule is FC1=CCC(N2CCC3OC(c4ccccn4)=NC3C2)C=C1F. The molecule has 4 nitrogen and oxygen atoms in total. The highest BCUT2D eigenvalue weighted by Crippen LogP contribution is 2.30. The van der Waals surface area contributed by atoms with Gasteiger partial charge in [-0.2, -0.15) is 0 Å². The van der Waals surface area contributed by atoms with Crippen molar-refractivity contribution in [2.24, 2.45) is 4.99 Å². The van der Waals surface area contributed by atoms with Crippen molar-refractivity contribution in [1.82, 2.24) is 9.88 Å². The zero-order valence-corrected chi connectivity index (χ0v) is 12.5. The van der Waals surface area contributed by atoms with Crippen LogP contribution in [0.4, 0.5) is 8.78 Å². The van der Waals surface area contributed by atoms with E-state index in [1.807, 2.05) is 18.2 Å². The van der Waals surface area contributed by atoms with E-state index in [4.69, 9.17) is 4.74 Å². The Hall–Kier alpha value is -2.08. The third-order valence-electron chi connectivity index (χ3n) is 4.56. The minimum absolute atomic E-state index is 0.0213. The van der Waals surface area contributed by atoms with Crippen LogP contribution >= 0.6 is 0 Å². The summed E-state index contributed by atoms with van der Waals surface area (Å²) >= 11 is 0. The van der Waals surface area contributed by atoms with Crippen molar-refractivity contribution in [3.05, 3.63) is 53.9 Å². The molecule has 6 heteroatoms. The third kappa shape index (κ3) is 2.79. The molecule has 1 aliphatic carbocycles. The second-order valence-corrected chi connectivity index (χ2v) is 6.03. The Morgan fingerprint density at radius 2 is 2.13 bits per heavy atom. The molecule has 2 aliphatic heterocycles. The first-order valence-corrected chi connectivity index (χ1v) is 7.84. The molecule has 0 bridgehead atoms. The molecule has 0 N–H and O–H groups in total. The highest BCUT2D eigenvalue weighted by molar-refractivity contribution is 5.93. The molecule has 1 aromatic rings. The predicted molar refractivity (Wildman–Crippen MR) is 82.4 cm³/mol. The van der Waals surface area contributed by atoms with E-state index in [9.17, 15) is 8.78 Å². The Kier molecular flexibility index (Phi) is 3.69. The second kappa shape index (κ2) is 5.85. The Balaban J connectivity index is 1.48. The normalized spacial score (nSPS) is 30.9. The number of ether oxygens (including phenoxy) is 1. The third-order valence-corrected chi connectivity index (χ3v) is 4.56. The lowest BCUT2D eigenvalue weighted by Crippen LogP contribution is -2.48. The minimum atomic E-state index is -0.760. The lowest BCUT2D eigenvalue weighted by molar-refractivity contribution is 0.0813. The molecular formula is C17H17F2N3O. The zero-order valence-electron chi connectivity index (χ0n) is 12.5. The van der Waals surface area contributed by atoms with Gasteiger partial charge in [-0.3, -0.25) is 9.88 Å². The number of allylic oxidation sites excluding steroid dienone is 2. The molecule has 120 valence electrons. The molecule has 3 atom stereocenters. The molecule has 0 radical (unpaired) electrons. The molecule has 1 fully saturated rings. The Bertz CT molecular complexity index is 686. The number of fused-ring (bicyclic) bond motifs is 1. The van der Waals surface area contributed by atoms with Crippen LogP contribution in [-0.4, -0.2) is 47.1 Å². The molecule has 3 unspecified atom stereocenters. The summed E-state index contributed by atoms with van der Waals surface area (Å²) in [5.41, 5.74) is 0.738. The second-order valence-electron chi connectivity index (χ2n) is 6.03. The van der Waals surface area contributed by atoms with Crippen LogP contribution in [0.5, 0.6) is 0 Å². The van der Waals surface area contributed by atoms with Gasteiger partial charge in [0.2, 0.25) is 5.90 Å². The van der Waals surface area contributed by atoms with Gasteiger partial charge in [0.05, 0.1) is 0 Å². The highest BCUT2D eigenvalue weighted by atomic mass is 19.2. The Morgan fingerprint density at radius 3 is 2.91 bits per heavy atom. The van der Waals surface area contributed by atoms with E-state index in [1.54, 1.807) is 6.20 Å². The van der Waals surface area contributed by atoms with Crippen molar-refractivity contribution in [1.29, 1.82) is 0 Å². The first-order valence-electron chi connectivity index (χ1n) is 7.84. The summed E-state index contributed by atoms with van der Waals surface area (Å²) in [6.45, 7) is 1.47. The minimum Gasteiger partial charge on any atom is -0.471 e. The van der Waals surface area contributed by atoms with Gasteiger partial charge in [0.15, 0.2) is 11.7 Å². The van der Waals surface area contributed by atoms with Gasteiger partial charge in [0.25, 0.3) is 0 Å².